The molecule has 0 aliphatic heterocycles. The van der Waals surface area contributed by atoms with E-state index in [1.165, 1.54) is 0 Å². The van der Waals surface area contributed by atoms with Crippen LogP contribution in [-0.2, 0) is 11.3 Å². The van der Waals surface area contributed by atoms with E-state index in [-0.39, 0.29) is 12.4 Å². The number of pyridine rings is 1. The Labute approximate surface area is 133 Å². The summed E-state index contributed by atoms with van der Waals surface area (Å²) in [6, 6.07) is 11.3. The van der Waals surface area contributed by atoms with Gasteiger partial charge in [-0.15, -0.1) is 12.4 Å². The summed E-state index contributed by atoms with van der Waals surface area (Å²) in [5.74, 6) is 0.803. The maximum atomic E-state index is 10.7. The molecule has 0 saturated heterocycles. The summed E-state index contributed by atoms with van der Waals surface area (Å²) >= 11 is 5.92. The van der Waals surface area contributed by atoms with Crippen molar-refractivity contribution in [2.45, 2.75) is 13.0 Å². The number of carbonyl (C=O) groups excluding carboxylic acids is 1. The van der Waals surface area contributed by atoms with Gasteiger partial charge in [0, 0.05) is 29.7 Å². The summed E-state index contributed by atoms with van der Waals surface area (Å²) in [7, 11) is 0. The molecule has 0 amide bonds. The Kier molecular flexibility index (Phi) is 4.94. The number of hydrogen-bond donors (Lipinski definition) is 0. The monoisotopic (exact) mass is 321 g/mol. The maximum Gasteiger partial charge on any atom is 0.178 e. The second-order valence-electron chi connectivity index (χ2n) is 4.40. The molecule has 0 spiro atoms. The predicted octanol–water partition coefficient (Wildman–Crippen LogP) is 3.76. The van der Waals surface area contributed by atoms with Crippen LogP contribution in [0.5, 0.6) is 0 Å². The number of carbonyl (C=O) groups is 1. The largest absolute Gasteiger partial charge is 0.322 e. The zero-order valence-corrected chi connectivity index (χ0v) is 12.6. The number of halogens is 2. The zero-order chi connectivity index (χ0) is 13.9. The molecule has 0 aliphatic carbocycles. The first-order valence-electron chi connectivity index (χ1n) is 6.30. The number of fused-ring (bicyclic) bond motifs is 1. The van der Waals surface area contributed by atoms with Crippen LogP contribution in [0.1, 0.15) is 6.42 Å². The van der Waals surface area contributed by atoms with Crippen molar-refractivity contribution in [2.75, 3.05) is 0 Å². The summed E-state index contributed by atoms with van der Waals surface area (Å²) in [5, 5.41) is 0.683. The van der Waals surface area contributed by atoms with Gasteiger partial charge in [-0.3, -0.25) is 0 Å². The van der Waals surface area contributed by atoms with E-state index in [0.717, 1.165) is 23.2 Å². The third-order valence-electron chi connectivity index (χ3n) is 3.10. The Morgan fingerprint density at radius 2 is 1.95 bits per heavy atom. The first-order valence-corrected chi connectivity index (χ1v) is 6.68. The number of benzene rings is 1. The van der Waals surface area contributed by atoms with Gasteiger partial charge >= 0.3 is 0 Å². The molecular weight excluding hydrogens is 309 g/mol. The van der Waals surface area contributed by atoms with E-state index in [9.17, 15) is 4.79 Å². The Morgan fingerprint density at radius 1 is 1.19 bits per heavy atom. The van der Waals surface area contributed by atoms with Crippen LogP contribution in [0.25, 0.3) is 22.6 Å². The predicted molar refractivity (Wildman–Crippen MR) is 85.9 cm³/mol. The Balaban J connectivity index is 0.00000161. The lowest BCUT2D eigenvalue weighted by Gasteiger charge is -2.07. The fourth-order valence-corrected chi connectivity index (χ4v) is 2.31. The summed E-state index contributed by atoms with van der Waals surface area (Å²) in [6.07, 6.45) is 3.07. The lowest BCUT2D eigenvalue weighted by atomic mass is 10.2. The lowest BCUT2D eigenvalue weighted by molar-refractivity contribution is -0.108. The fraction of sp³-hybridized carbons (Fsp3) is 0.133. The van der Waals surface area contributed by atoms with E-state index in [1.807, 2.05) is 41.0 Å². The van der Waals surface area contributed by atoms with E-state index < -0.39 is 0 Å². The zero-order valence-electron chi connectivity index (χ0n) is 11.1. The number of nitrogens with zero attached hydrogens (tertiary/aromatic N) is 3. The van der Waals surface area contributed by atoms with Crippen molar-refractivity contribution in [3.63, 3.8) is 0 Å². The van der Waals surface area contributed by atoms with Crippen molar-refractivity contribution in [1.82, 2.24) is 14.5 Å². The minimum Gasteiger partial charge on any atom is -0.322 e. The van der Waals surface area contributed by atoms with Gasteiger partial charge in [-0.05, 0) is 36.4 Å². The van der Waals surface area contributed by atoms with Gasteiger partial charge in [0.1, 0.15) is 12.1 Å². The van der Waals surface area contributed by atoms with Gasteiger partial charge in [-0.25, -0.2) is 9.97 Å². The van der Waals surface area contributed by atoms with Crippen molar-refractivity contribution in [3.05, 3.63) is 47.6 Å². The average Bonchev–Trinajstić information content (AvgIpc) is 2.84. The van der Waals surface area contributed by atoms with Crippen molar-refractivity contribution in [3.8, 4) is 11.4 Å². The van der Waals surface area contributed by atoms with Crippen LogP contribution in [0.2, 0.25) is 5.02 Å². The Hall–Kier alpha value is -1.91. The van der Waals surface area contributed by atoms with Gasteiger partial charge in [0.25, 0.3) is 0 Å². The van der Waals surface area contributed by atoms with Crippen molar-refractivity contribution < 1.29 is 4.79 Å². The molecule has 1 aromatic carbocycles. The highest BCUT2D eigenvalue weighted by atomic mass is 35.5. The quantitative estimate of drug-likeness (QED) is 0.687. The van der Waals surface area contributed by atoms with Crippen LogP contribution in [0.4, 0.5) is 0 Å². The molecule has 2 aromatic heterocycles. The number of hydrogen-bond acceptors (Lipinski definition) is 3. The number of aldehydes is 1. The highest BCUT2D eigenvalue weighted by molar-refractivity contribution is 6.30. The molecule has 0 aliphatic rings. The second kappa shape index (κ2) is 6.70. The van der Waals surface area contributed by atoms with E-state index >= 15 is 0 Å². The average molecular weight is 322 g/mol. The smallest absolute Gasteiger partial charge is 0.178 e. The minimum atomic E-state index is 0. The standard InChI is InChI=1S/C15H12ClN3O.ClH/c16-12-6-4-11(5-7-12)15-18-14-13(3-1-8-17-14)19(15)9-2-10-20;/h1,3-8,10H,2,9H2;1H. The van der Waals surface area contributed by atoms with Crippen molar-refractivity contribution in [2.24, 2.45) is 0 Å². The number of imidazole rings is 1. The normalized spacial score (nSPS) is 10.3. The fourth-order valence-electron chi connectivity index (χ4n) is 2.19. The third-order valence-corrected chi connectivity index (χ3v) is 3.35. The first-order chi connectivity index (χ1) is 9.79. The molecule has 0 saturated carbocycles. The number of aryl methyl sites for hydroxylation is 1. The highest BCUT2D eigenvalue weighted by Gasteiger charge is 2.12. The van der Waals surface area contributed by atoms with Crippen molar-refractivity contribution >= 4 is 41.5 Å². The topological polar surface area (TPSA) is 47.8 Å². The molecule has 0 radical (unpaired) electrons. The molecule has 0 bridgehead atoms. The van der Waals surface area contributed by atoms with Gasteiger partial charge in [0.05, 0.1) is 5.52 Å². The summed E-state index contributed by atoms with van der Waals surface area (Å²) in [6.45, 7) is 0.587. The van der Waals surface area contributed by atoms with Gasteiger partial charge in [-0.1, -0.05) is 11.6 Å². The van der Waals surface area contributed by atoms with Gasteiger partial charge in [0.15, 0.2) is 5.65 Å². The SMILES string of the molecule is Cl.O=CCCn1c(-c2ccc(Cl)cc2)nc2ncccc21. The molecule has 21 heavy (non-hydrogen) atoms. The van der Waals surface area contributed by atoms with Crippen LogP contribution in [0, 0.1) is 0 Å². The summed E-state index contributed by atoms with van der Waals surface area (Å²) < 4.78 is 2.01. The molecular formula is C15H13Cl2N3O. The summed E-state index contributed by atoms with van der Waals surface area (Å²) in [5.41, 5.74) is 2.57. The summed E-state index contributed by atoms with van der Waals surface area (Å²) in [4.78, 5) is 19.5. The molecule has 3 rings (SSSR count). The van der Waals surface area contributed by atoms with E-state index in [4.69, 9.17) is 11.6 Å². The minimum absolute atomic E-state index is 0. The second-order valence-corrected chi connectivity index (χ2v) is 4.83. The van der Waals surface area contributed by atoms with Crippen LogP contribution in [0.3, 0.4) is 0 Å². The van der Waals surface area contributed by atoms with Crippen LogP contribution in [0.15, 0.2) is 42.6 Å². The third kappa shape index (κ3) is 3.06. The van der Waals surface area contributed by atoms with E-state index in [1.54, 1.807) is 6.20 Å². The molecule has 6 heteroatoms. The van der Waals surface area contributed by atoms with E-state index in [2.05, 4.69) is 9.97 Å². The van der Waals surface area contributed by atoms with Gasteiger partial charge in [0.2, 0.25) is 0 Å². The molecule has 0 fully saturated rings. The molecule has 0 N–H and O–H groups in total. The first kappa shape index (κ1) is 15.5. The Morgan fingerprint density at radius 3 is 2.67 bits per heavy atom. The number of aromatic nitrogens is 3. The molecule has 2 heterocycles. The van der Waals surface area contributed by atoms with Crippen LogP contribution in [-0.4, -0.2) is 20.8 Å². The molecule has 4 nitrogen and oxygen atoms in total. The maximum absolute atomic E-state index is 10.7. The van der Waals surface area contributed by atoms with Gasteiger partial charge < -0.3 is 9.36 Å². The van der Waals surface area contributed by atoms with E-state index in [0.29, 0.717) is 23.6 Å². The molecule has 0 atom stereocenters. The van der Waals surface area contributed by atoms with Gasteiger partial charge in [-0.2, -0.15) is 0 Å². The highest BCUT2D eigenvalue weighted by Crippen LogP contribution is 2.25. The molecule has 3 aromatic rings. The lowest BCUT2D eigenvalue weighted by Crippen LogP contribution is -2.01. The molecule has 108 valence electrons. The van der Waals surface area contributed by atoms with Crippen molar-refractivity contribution in [1.29, 1.82) is 0 Å². The van der Waals surface area contributed by atoms with Crippen LogP contribution < -0.4 is 0 Å². The van der Waals surface area contributed by atoms with Crippen LogP contribution >= 0.6 is 24.0 Å². The number of rotatable bonds is 4. The Bertz CT molecular complexity index is 753. The molecule has 0 unspecified atom stereocenters.